The molecule has 0 saturated carbocycles. The van der Waals surface area contributed by atoms with Crippen LogP contribution in [0.3, 0.4) is 0 Å². The maximum absolute atomic E-state index is 3.58. The topological polar surface area (TPSA) is 12.0 Å². The Morgan fingerprint density at radius 3 is 2.24 bits per heavy atom. The Morgan fingerprint density at radius 2 is 1.76 bits per heavy atom. The van der Waals surface area contributed by atoms with E-state index in [0.717, 1.165) is 11.0 Å². The van der Waals surface area contributed by atoms with Gasteiger partial charge in [0.05, 0.1) is 0 Å². The Labute approximate surface area is 114 Å². The van der Waals surface area contributed by atoms with Crippen molar-refractivity contribution in [2.24, 2.45) is 5.41 Å². The Bertz CT molecular complexity index is 324. The van der Waals surface area contributed by atoms with Gasteiger partial charge in [0, 0.05) is 10.5 Å². The lowest BCUT2D eigenvalue weighted by Gasteiger charge is -2.24. The molecule has 0 aliphatic heterocycles. The second kappa shape index (κ2) is 6.55. The molecule has 1 unspecified atom stereocenters. The van der Waals surface area contributed by atoms with Crippen LogP contribution in [0.5, 0.6) is 0 Å². The molecule has 1 rings (SSSR count). The molecule has 2 heteroatoms. The summed E-state index contributed by atoms with van der Waals surface area (Å²) < 4.78 is 1.15. The van der Waals surface area contributed by atoms with Crippen LogP contribution in [-0.4, -0.2) is 6.54 Å². The van der Waals surface area contributed by atoms with Crippen molar-refractivity contribution in [3.8, 4) is 0 Å². The average Bonchev–Trinajstić information content (AvgIpc) is 2.24. The Kier molecular flexibility index (Phi) is 5.68. The smallest absolute Gasteiger partial charge is 0.0320 e. The van der Waals surface area contributed by atoms with Crippen molar-refractivity contribution >= 4 is 15.9 Å². The zero-order valence-corrected chi connectivity index (χ0v) is 13.0. The van der Waals surface area contributed by atoms with E-state index in [1.165, 1.54) is 18.4 Å². The molecule has 0 radical (unpaired) electrons. The second-order valence-electron chi connectivity index (χ2n) is 5.76. The number of nitrogens with one attached hydrogen (secondary N) is 1. The minimum Gasteiger partial charge on any atom is -0.310 e. The van der Waals surface area contributed by atoms with Crippen molar-refractivity contribution < 1.29 is 0 Å². The molecule has 0 aliphatic carbocycles. The summed E-state index contributed by atoms with van der Waals surface area (Å²) >= 11 is 3.48. The average molecular weight is 298 g/mol. The van der Waals surface area contributed by atoms with Gasteiger partial charge in [-0.1, -0.05) is 55.8 Å². The SMILES string of the molecule is CCNC(CCC(C)(C)C)c1ccc(Br)cc1. The maximum atomic E-state index is 3.58. The molecule has 0 aromatic heterocycles. The van der Waals surface area contributed by atoms with Gasteiger partial charge in [-0.25, -0.2) is 0 Å². The molecule has 1 aromatic carbocycles. The first-order valence-electron chi connectivity index (χ1n) is 6.41. The van der Waals surface area contributed by atoms with E-state index in [-0.39, 0.29) is 0 Å². The summed E-state index contributed by atoms with van der Waals surface area (Å²) in [6.45, 7) is 10.1. The first-order chi connectivity index (χ1) is 7.92. The molecule has 1 aromatic rings. The van der Waals surface area contributed by atoms with Gasteiger partial charge in [0.15, 0.2) is 0 Å². The van der Waals surface area contributed by atoms with Crippen molar-refractivity contribution in [3.05, 3.63) is 34.3 Å². The largest absolute Gasteiger partial charge is 0.310 e. The third-order valence-electron chi connectivity index (χ3n) is 2.91. The summed E-state index contributed by atoms with van der Waals surface area (Å²) in [6.07, 6.45) is 2.43. The van der Waals surface area contributed by atoms with E-state index in [1.54, 1.807) is 0 Å². The normalized spacial score (nSPS) is 13.7. The van der Waals surface area contributed by atoms with Gasteiger partial charge >= 0.3 is 0 Å². The molecular weight excluding hydrogens is 274 g/mol. The lowest BCUT2D eigenvalue weighted by atomic mass is 9.87. The lowest BCUT2D eigenvalue weighted by molar-refractivity contribution is 0.334. The standard InChI is InChI=1S/C15H24BrN/c1-5-17-14(10-11-15(2,3)4)12-6-8-13(16)9-7-12/h6-9,14,17H,5,10-11H2,1-4H3. The predicted octanol–water partition coefficient (Wildman–Crippen LogP) is 4.93. The lowest BCUT2D eigenvalue weighted by Crippen LogP contribution is -2.22. The molecule has 0 bridgehead atoms. The van der Waals surface area contributed by atoms with Crippen LogP contribution in [0.4, 0.5) is 0 Å². The van der Waals surface area contributed by atoms with Gasteiger partial charge in [-0.3, -0.25) is 0 Å². The van der Waals surface area contributed by atoms with Crippen molar-refractivity contribution in [1.82, 2.24) is 5.32 Å². The first-order valence-corrected chi connectivity index (χ1v) is 7.20. The molecule has 0 amide bonds. The van der Waals surface area contributed by atoms with Gasteiger partial charge in [0.25, 0.3) is 0 Å². The first kappa shape index (κ1) is 14.7. The monoisotopic (exact) mass is 297 g/mol. The number of halogens is 1. The molecule has 0 heterocycles. The van der Waals surface area contributed by atoms with Crippen LogP contribution in [0.2, 0.25) is 0 Å². The highest BCUT2D eigenvalue weighted by Crippen LogP contribution is 2.27. The highest BCUT2D eigenvalue weighted by Gasteiger charge is 2.15. The molecular formula is C15H24BrN. The van der Waals surface area contributed by atoms with Crippen LogP contribution in [0.15, 0.2) is 28.7 Å². The minimum absolute atomic E-state index is 0.406. The fourth-order valence-corrected chi connectivity index (χ4v) is 2.17. The molecule has 0 fully saturated rings. The summed E-state index contributed by atoms with van der Waals surface area (Å²) in [5.74, 6) is 0. The third-order valence-corrected chi connectivity index (χ3v) is 3.43. The predicted molar refractivity (Wildman–Crippen MR) is 79.2 cm³/mol. The number of rotatable bonds is 5. The van der Waals surface area contributed by atoms with E-state index in [1.807, 2.05) is 0 Å². The zero-order valence-electron chi connectivity index (χ0n) is 11.4. The molecule has 1 atom stereocenters. The van der Waals surface area contributed by atoms with Crippen molar-refractivity contribution in [1.29, 1.82) is 0 Å². The Hall–Kier alpha value is -0.340. The van der Waals surface area contributed by atoms with Crippen molar-refractivity contribution in [3.63, 3.8) is 0 Å². The summed E-state index contributed by atoms with van der Waals surface area (Å²) in [5.41, 5.74) is 1.79. The highest BCUT2D eigenvalue weighted by atomic mass is 79.9. The molecule has 0 saturated heterocycles. The number of hydrogen-bond acceptors (Lipinski definition) is 1. The van der Waals surface area contributed by atoms with Gasteiger partial charge in [-0.2, -0.15) is 0 Å². The molecule has 1 N–H and O–H groups in total. The fraction of sp³-hybridized carbons (Fsp3) is 0.600. The van der Waals surface area contributed by atoms with Gasteiger partial charge in [0.1, 0.15) is 0 Å². The Balaban J connectivity index is 2.68. The Morgan fingerprint density at radius 1 is 1.18 bits per heavy atom. The maximum Gasteiger partial charge on any atom is 0.0320 e. The second-order valence-corrected chi connectivity index (χ2v) is 6.68. The van der Waals surface area contributed by atoms with Crippen LogP contribution in [0, 0.1) is 5.41 Å². The van der Waals surface area contributed by atoms with E-state index in [4.69, 9.17) is 0 Å². The molecule has 0 aliphatic rings. The van der Waals surface area contributed by atoms with E-state index in [9.17, 15) is 0 Å². The van der Waals surface area contributed by atoms with E-state index < -0.39 is 0 Å². The van der Waals surface area contributed by atoms with E-state index in [2.05, 4.69) is 73.2 Å². The molecule has 17 heavy (non-hydrogen) atoms. The number of benzene rings is 1. The third kappa shape index (κ3) is 5.69. The van der Waals surface area contributed by atoms with Crippen LogP contribution in [0.25, 0.3) is 0 Å². The van der Waals surface area contributed by atoms with Crippen molar-refractivity contribution in [2.45, 2.75) is 46.6 Å². The summed E-state index contributed by atoms with van der Waals surface area (Å²) in [4.78, 5) is 0. The highest BCUT2D eigenvalue weighted by molar-refractivity contribution is 9.10. The molecule has 96 valence electrons. The van der Waals surface area contributed by atoms with Crippen LogP contribution < -0.4 is 5.32 Å². The summed E-state index contributed by atoms with van der Waals surface area (Å²) in [6, 6.07) is 9.14. The van der Waals surface area contributed by atoms with Crippen LogP contribution in [0.1, 0.15) is 52.1 Å². The number of hydrogen-bond donors (Lipinski definition) is 1. The summed E-state index contributed by atoms with van der Waals surface area (Å²) in [5, 5.41) is 3.58. The van der Waals surface area contributed by atoms with E-state index >= 15 is 0 Å². The van der Waals surface area contributed by atoms with Crippen molar-refractivity contribution in [2.75, 3.05) is 6.54 Å². The molecule has 1 nitrogen and oxygen atoms in total. The van der Waals surface area contributed by atoms with Crippen LogP contribution >= 0.6 is 15.9 Å². The summed E-state index contributed by atoms with van der Waals surface area (Å²) in [7, 11) is 0. The molecule has 0 spiro atoms. The van der Waals surface area contributed by atoms with Crippen LogP contribution in [-0.2, 0) is 0 Å². The van der Waals surface area contributed by atoms with Gasteiger partial charge in [-0.05, 0) is 42.5 Å². The van der Waals surface area contributed by atoms with Gasteiger partial charge in [0.2, 0.25) is 0 Å². The quantitative estimate of drug-likeness (QED) is 0.813. The zero-order chi connectivity index (χ0) is 12.9. The van der Waals surface area contributed by atoms with Gasteiger partial charge < -0.3 is 5.32 Å². The van der Waals surface area contributed by atoms with E-state index in [0.29, 0.717) is 11.5 Å². The fourth-order valence-electron chi connectivity index (χ4n) is 1.91. The van der Waals surface area contributed by atoms with Gasteiger partial charge in [-0.15, -0.1) is 0 Å². The minimum atomic E-state index is 0.406.